The second kappa shape index (κ2) is 10.8. The van der Waals surface area contributed by atoms with Crippen LogP contribution >= 0.6 is 0 Å². The summed E-state index contributed by atoms with van der Waals surface area (Å²) in [4.78, 5) is 4.75. The second-order valence-electron chi connectivity index (χ2n) is 9.30. The molecule has 5 rings (SSSR count). The first kappa shape index (κ1) is 26.3. The Balaban J connectivity index is 1.54. The van der Waals surface area contributed by atoms with Crippen LogP contribution in [0.3, 0.4) is 0 Å². The largest absolute Gasteiger partial charge is 0.490 e. The Labute approximate surface area is 226 Å². The lowest BCUT2D eigenvalue weighted by molar-refractivity contribution is -0.371. The summed E-state index contributed by atoms with van der Waals surface area (Å²) in [6.07, 6.45) is 0.985. The molecular formula is C29H27N4O5S+. The molecule has 198 valence electrons. The molecule has 0 bridgehead atoms. The molecule has 10 heteroatoms. The molecule has 0 fully saturated rings. The van der Waals surface area contributed by atoms with E-state index in [0.717, 1.165) is 16.7 Å². The van der Waals surface area contributed by atoms with Crippen LogP contribution in [0.2, 0.25) is 0 Å². The van der Waals surface area contributed by atoms with Crippen molar-refractivity contribution in [2.45, 2.75) is 37.7 Å². The smallest absolute Gasteiger partial charge is 0.395 e. The summed E-state index contributed by atoms with van der Waals surface area (Å²) in [6, 6.07) is 21.0. The number of nitriles is 1. The maximum atomic E-state index is 13.5. The minimum absolute atomic E-state index is 0.0552. The third kappa shape index (κ3) is 5.06. The van der Waals surface area contributed by atoms with E-state index in [-0.39, 0.29) is 30.0 Å². The van der Waals surface area contributed by atoms with Crippen molar-refractivity contribution >= 4 is 15.7 Å². The van der Waals surface area contributed by atoms with Crippen molar-refractivity contribution < 1.29 is 26.8 Å². The fraction of sp³-hybridized carbons (Fsp3) is 0.241. The average Bonchev–Trinajstić information content (AvgIpc) is 3.60. The quantitative estimate of drug-likeness (QED) is 0.328. The second-order valence-corrected chi connectivity index (χ2v) is 11.2. The number of benzene rings is 3. The average molecular weight is 544 g/mol. The SMILES string of the molecule is CC(C)Oc1ccc(-c2nc(-c3cccc4c3CCC4=[N+](CCO)S(=O)(=O)c3ccccc3)no2)cc1C#N. The minimum Gasteiger partial charge on any atom is -0.490 e. The molecule has 4 aromatic rings. The van der Waals surface area contributed by atoms with E-state index in [2.05, 4.69) is 16.2 Å². The first-order chi connectivity index (χ1) is 18.8. The Morgan fingerprint density at radius 2 is 1.85 bits per heavy atom. The number of nitrogens with zero attached hydrogens (tertiary/aromatic N) is 4. The van der Waals surface area contributed by atoms with E-state index in [4.69, 9.17) is 9.26 Å². The summed E-state index contributed by atoms with van der Waals surface area (Å²) in [5.74, 6) is 1.10. The van der Waals surface area contributed by atoms with Gasteiger partial charge in [-0.3, -0.25) is 0 Å². The van der Waals surface area contributed by atoms with Crippen molar-refractivity contribution in [2.24, 2.45) is 0 Å². The van der Waals surface area contributed by atoms with Crippen molar-refractivity contribution in [3.63, 3.8) is 0 Å². The van der Waals surface area contributed by atoms with Crippen molar-refractivity contribution in [3.05, 3.63) is 83.4 Å². The zero-order valence-electron chi connectivity index (χ0n) is 21.5. The molecule has 0 spiro atoms. The number of hydrogen-bond donors (Lipinski definition) is 1. The summed E-state index contributed by atoms with van der Waals surface area (Å²) < 4.78 is 39.5. The maximum absolute atomic E-state index is 13.5. The van der Waals surface area contributed by atoms with Gasteiger partial charge in [0.25, 0.3) is 5.89 Å². The monoisotopic (exact) mass is 543 g/mol. The molecule has 0 saturated carbocycles. The van der Waals surface area contributed by atoms with Gasteiger partial charge in [-0.1, -0.05) is 35.5 Å². The van der Waals surface area contributed by atoms with Gasteiger partial charge in [0.05, 0.1) is 11.7 Å². The highest BCUT2D eigenvalue weighted by Crippen LogP contribution is 2.34. The summed E-state index contributed by atoms with van der Waals surface area (Å²) in [5.41, 5.74) is 3.98. The molecule has 0 atom stereocenters. The van der Waals surface area contributed by atoms with Gasteiger partial charge in [0.2, 0.25) is 11.5 Å². The number of ether oxygens (including phenoxy) is 1. The number of sulfonamides is 1. The summed E-state index contributed by atoms with van der Waals surface area (Å²) in [5, 5.41) is 23.5. The molecule has 0 aliphatic heterocycles. The minimum atomic E-state index is -3.87. The van der Waals surface area contributed by atoms with Crippen LogP contribution in [0, 0.1) is 11.3 Å². The number of rotatable bonds is 8. The number of aromatic nitrogens is 2. The van der Waals surface area contributed by atoms with Crippen LogP contribution < -0.4 is 4.74 Å². The van der Waals surface area contributed by atoms with Crippen molar-refractivity contribution in [2.75, 3.05) is 13.2 Å². The van der Waals surface area contributed by atoms with Gasteiger partial charge < -0.3 is 14.4 Å². The van der Waals surface area contributed by atoms with Crippen LogP contribution in [-0.4, -0.2) is 52.6 Å². The molecule has 1 heterocycles. The van der Waals surface area contributed by atoms with Gasteiger partial charge in [-0.05, 0) is 62.2 Å². The van der Waals surface area contributed by atoms with Gasteiger partial charge >= 0.3 is 10.0 Å². The van der Waals surface area contributed by atoms with Crippen LogP contribution in [0.15, 0.2) is 76.1 Å². The van der Waals surface area contributed by atoms with E-state index in [1.807, 2.05) is 32.0 Å². The molecule has 1 aliphatic carbocycles. The highest BCUT2D eigenvalue weighted by Gasteiger charge is 2.36. The van der Waals surface area contributed by atoms with Crippen LogP contribution in [0.5, 0.6) is 5.75 Å². The predicted molar refractivity (Wildman–Crippen MR) is 144 cm³/mol. The van der Waals surface area contributed by atoms with Gasteiger partial charge in [0, 0.05) is 23.1 Å². The van der Waals surface area contributed by atoms with Gasteiger partial charge in [-0.15, -0.1) is 3.98 Å². The number of aliphatic hydroxyl groups excluding tert-OH is 1. The molecule has 1 aliphatic rings. The normalized spacial score (nSPS) is 14.2. The van der Waals surface area contributed by atoms with Gasteiger partial charge in [0.1, 0.15) is 23.3 Å². The predicted octanol–water partition coefficient (Wildman–Crippen LogP) is 4.19. The molecule has 39 heavy (non-hydrogen) atoms. The Bertz CT molecular complexity index is 1700. The van der Waals surface area contributed by atoms with E-state index in [1.165, 1.54) is 3.98 Å². The van der Waals surface area contributed by atoms with E-state index in [9.17, 15) is 18.8 Å². The third-order valence-corrected chi connectivity index (χ3v) is 8.26. The summed E-state index contributed by atoms with van der Waals surface area (Å²) in [7, 11) is -3.87. The van der Waals surface area contributed by atoms with Crippen molar-refractivity contribution in [1.29, 1.82) is 5.26 Å². The molecule has 0 unspecified atom stereocenters. The molecule has 0 saturated heterocycles. The summed E-state index contributed by atoms with van der Waals surface area (Å²) >= 11 is 0. The lowest BCUT2D eigenvalue weighted by atomic mass is 10.0. The molecule has 1 aromatic heterocycles. The van der Waals surface area contributed by atoms with Gasteiger partial charge in [0.15, 0.2) is 6.54 Å². The summed E-state index contributed by atoms with van der Waals surface area (Å²) in [6.45, 7) is 3.41. The van der Waals surface area contributed by atoms with E-state index in [0.29, 0.717) is 41.3 Å². The van der Waals surface area contributed by atoms with E-state index in [1.54, 1.807) is 48.5 Å². The van der Waals surface area contributed by atoms with E-state index < -0.39 is 10.0 Å². The molecule has 0 radical (unpaired) electrons. The Kier molecular flexibility index (Phi) is 7.28. The van der Waals surface area contributed by atoms with Crippen LogP contribution in [-0.2, 0) is 16.4 Å². The lowest BCUT2D eigenvalue weighted by Crippen LogP contribution is -2.30. The van der Waals surface area contributed by atoms with Gasteiger partial charge in [-0.2, -0.15) is 18.7 Å². The molecule has 0 amide bonds. The standard InChI is InChI=1S/C29H27N4O5S/c1-19(2)37-27-14-11-20(17-21(27)18-30)29-31-28(32-38-29)25-10-6-9-24-23(25)12-13-26(24)33(15-16-34)39(35,36)22-7-4-3-5-8-22/h3-11,14,17,19,34H,12-13,15-16H2,1-2H3/q+1. The molecule has 9 nitrogen and oxygen atoms in total. The first-order valence-corrected chi connectivity index (χ1v) is 14.0. The molecule has 1 N–H and O–H groups in total. The van der Waals surface area contributed by atoms with Crippen molar-refractivity contribution in [3.8, 4) is 34.7 Å². The maximum Gasteiger partial charge on any atom is 0.395 e. The fourth-order valence-electron chi connectivity index (χ4n) is 4.74. The number of fused-ring (bicyclic) bond motifs is 1. The van der Waals surface area contributed by atoms with Gasteiger partial charge in [-0.25, -0.2) is 0 Å². The Hall–Kier alpha value is -4.33. The highest BCUT2D eigenvalue weighted by atomic mass is 32.2. The zero-order valence-corrected chi connectivity index (χ0v) is 22.4. The highest BCUT2D eigenvalue weighted by molar-refractivity contribution is 7.85. The number of hydrogen-bond acceptors (Lipinski definition) is 8. The van der Waals surface area contributed by atoms with Crippen LogP contribution in [0.1, 0.15) is 37.0 Å². The Morgan fingerprint density at radius 3 is 2.56 bits per heavy atom. The van der Waals surface area contributed by atoms with E-state index >= 15 is 0 Å². The molecular weight excluding hydrogens is 516 g/mol. The topological polar surface area (TPSA) is 129 Å². The van der Waals surface area contributed by atoms with Crippen LogP contribution in [0.4, 0.5) is 0 Å². The lowest BCUT2D eigenvalue weighted by Gasteiger charge is -2.11. The fourth-order valence-corrected chi connectivity index (χ4v) is 6.30. The first-order valence-electron chi connectivity index (χ1n) is 12.6. The Morgan fingerprint density at radius 1 is 1.08 bits per heavy atom. The number of aliphatic hydroxyl groups is 1. The van der Waals surface area contributed by atoms with Crippen LogP contribution in [0.25, 0.3) is 22.8 Å². The van der Waals surface area contributed by atoms with Crippen molar-refractivity contribution in [1.82, 2.24) is 10.1 Å². The third-order valence-electron chi connectivity index (χ3n) is 6.41. The zero-order chi connectivity index (χ0) is 27.6. The molecule has 3 aromatic carbocycles.